The number of hydrogen-bond donors (Lipinski definition) is 2. The molecule has 2 aromatic carbocycles. The van der Waals surface area contributed by atoms with Crippen molar-refractivity contribution in [2.75, 3.05) is 24.3 Å². The fourth-order valence-electron chi connectivity index (χ4n) is 2.53. The molecule has 2 aromatic rings. The van der Waals surface area contributed by atoms with Crippen LogP contribution >= 0.6 is 12.4 Å². The molecule has 3 N–H and O–H groups in total. The van der Waals surface area contributed by atoms with Gasteiger partial charge in [-0.1, -0.05) is 18.2 Å². The molecule has 0 aliphatic carbocycles. The maximum absolute atomic E-state index is 12.3. The first-order valence-electron chi connectivity index (χ1n) is 7.73. The molecule has 0 saturated carbocycles. The van der Waals surface area contributed by atoms with Crippen molar-refractivity contribution in [3.8, 4) is 5.75 Å². The van der Waals surface area contributed by atoms with Crippen molar-refractivity contribution in [3.05, 3.63) is 54.1 Å². The van der Waals surface area contributed by atoms with E-state index in [2.05, 4.69) is 5.32 Å². The van der Waals surface area contributed by atoms with E-state index in [1.54, 1.807) is 30.3 Å². The van der Waals surface area contributed by atoms with Gasteiger partial charge in [0.05, 0.1) is 11.7 Å². The van der Waals surface area contributed by atoms with Gasteiger partial charge in [0.1, 0.15) is 12.4 Å². The Morgan fingerprint density at radius 3 is 2.83 bits per heavy atom. The number of carbonyl (C=O) groups is 1. The lowest BCUT2D eigenvalue weighted by molar-refractivity contribution is 0.0680. The zero-order valence-corrected chi connectivity index (χ0v) is 14.1. The number of anilines is 2. The Morgan fingerprint density at radius 1 is 1.25 bits per heavy atom. The molecule has 1 fully saturated rings. The van der Waals surface area contributed by atoms with E-state index < -0.39 is 0 Å². The Bertz CT molecular complexity index is 687. The Morgan fingerprint density at radius 2 is 2.08 bits per heavy atom. The van der Waals surface area contributed by atoms with Crippen molar-refractivity contribution < 1.29 is 14.3 Å². The summed E-state index contributed by atoms with van der Waals surface area (Å²) in [5.74, 6) is 0.471. The van der Waals surface area contributed by atoms with Gasteiger partial charge in [0.2, 0.25) is 0 Å². The molecule has 1 heterocycles. The summed E-state index contributed by atoms with van der Waals surface area (Å²) >= 11 is 0. The number of nitrogens with one attached hydrogen (secondary N) is 1. The van der Waals surface area contributed by atoms with Gasteiger partial charge in [0.15, 0.2) is 0 Å². The molecule has 3 rings (SSSR count). The van der Waals surface area contributed by atoms with E-state index in [0.717, 1.165) is 19.4 Å². The molecule has 0 radical (unpaired) electrons. The van der Waals surface area contributed by atoms with Gasteiger partial charge in [-0.2, -0.15) is 0 Å². The molecule has 0 aromatic heterocycles. The summed E-state index contributed by atoms with van der Waals surface area (Å²) in [6, 6.07) is 14.3. The number of nitrogen functional groups attached to an aromatic ring is 1. The van der Waals surface area contributed by atoms with Crippen molar-refractivity contribution >= 4 is 29.7 Å². The van der Waals surface area contributed by atoms with E-state index in [-0.39, 0.29) is 24.4 Å². The number of benzene rings is 2. The molecule has 0 bridgehead atoms. The monoisotopic (exact) mass is 348 g/mol. The molecule has 6 heteroatoms. The summed E-state index contributed by atoms with van der Waals surface area (Å²) in [6.07, 6.45) is 2.28. The highest BCUT2D eigenvalue weighted by Crippen LogP contribution is 2.21. The molecule has 5 nitrogen and oxygen atoms in total. The summed E-state index contributed by atoms with van der Waals surface area (Å²) in [4.78, 5) is 12.3. The van der Waals surface area contributed by atoms with Gasteiger partial charge in [0, 0.05) is 24.0 Å². The first-order chi connectivity index (χ1) is 11.2. The van der Waals surface area contributed by atoms with Gasteiger partial charge < -0.3 is 20.5 Å². The van der Waals surface area contributed by atoms with Crippen molar-refractivity contribution in [1.29, 1.82) is 0 Å². The van der Waals surface area contributed by atoms with Crippen LogP contribution in [0, 0.1) is 0 Å². The van der Waals surface area contributed by atoms with Crippen LogP contribution in [0.15, 0.2) is 48.5 Å². The van der Waals surface area contributed by atoms with Gasteiger partial charge >= 0.3 is 0 Å². The van der Waals surface area contributed by atoms with E-state index in [1.807, 2.05) is 18.2 Å². The number of ether oxygens (including phenoxy) is 2. The highest BCUT2D eigenvalue weighted by Gasteiger charge is 2.16. The highest BCUT2D eigenvalue weighted by molar-refractivity contribution is 6.07. The van der Waals surface area contributed by atoms with Crippen LogP contribution in [0.2, 0.25) is 0 Å². The van der Waals surface area contributed by atoms with Crippen molar-refractivity contribution in [2.24, 2.45) is 0 Å². The second-order valence-corrected chi connectivity index (χ2v) is 5.52. The molecule has 1 amide bonds. The van der Waals surface area contributed by atoms with Crippen LogP contribution in [-0.4, -0.2) is 25.2 Å². The van der Waals surface area contributed by atoms with Crippen molar-refractivity contribution in [2.45, 2.75) is 18.9 Å². The maximum Gasteiger partial charge on any atom is 0.257 e. The first kappa shape index (κ1) is 18.1. The summed E-state index contributed by atoms with van der Waals surface area (Å²) in [5.41, 5.74) is 7.40. The number of halogens is 1. The Labute approximate surface area is 147 Å². The standard InChI is InChI=1S/C18H20N2O3.ClH/c19-17-9-2-1-8-16(17)18(21)20-13-5-3-6-14(11-13)23-12-15-7-4-10-22-15;/h1-3,5-6,8-9,11,15H,4,7,10,12,19H2,(H,20,21);1H. The summed E-state index contributed by atoms with van der Waals surface area (Å²) < 4.78 is 11.3. The average Bonchev–Trinajstić information content (AvgIpc) is 3.07. The Kier molecular flexibility index (Phi) is 6.46. The number of carbonyl (C=O) groups excluding carboxylic acids is 1. The normalized spacial score (nSPS) is 16.2. The lowest BCUT2D eigenvalue weighted by atomic mass is 10.1. The van der Waals surface area contributed by atoms with Gasteiger partial charge in [-0.05, 0) is 37.1 Å². The zero-order chi connectivity index (χ0) is 16.1. The SMILES string of the molecule is Cl.Nc1ccccc1C(=O)Nc1cccc(OCC2CCCO2)c1. The summed E-state index contributed by atoms with van der Waals surface area (Å²) in [6.45, 7) is 1.34. The van der Waals surface area contributed by atoms with Crippen LogP contribution in [0.1, 0.15) is 23.2 Å². The third-order valence-corrected chi connectivity index (χ3v) is 3.76. The smallest absolute Gasteiger partial charge is 0.257 e. The van der Waals surface area contributed by atoms with Gasteiger partial charge in [0.25, 0.3) is 5.91 Å². The third-order valence-electron chi connectivity index (χ3n) is 3.76. The lowest BCUT2D eigenvalue weighted by Gasteiger charge is -2.13. The molecule has 1 unspecified atom stereocenters. The molecular weight excluding hydrogens is 328 g/mol. The molecule has 1 saturated heterocycles. The van der Waals surface area contributed by atoms with E-state index in [9.17, 15) is 4.79 Å². The number of nitrogens with two attached hydrogens (primary N) is 1. The van der Waals surface area contributed by atoms with Gasteiger partial charge in [-0.25, -0.2) is 0 Å². The predicted octanol–water partition coefficient (Wildman–Crippen LogP) is 3.50. The van der Waals surface area contributed by atoms with E-state index >= 15 is 0 Å². The van der Waals surface area contributed by atoms with Gasteiger partial charge in [-0.15, -0.1) is 12.4 Å². The largest absolute Gasteiger partial charge is 0.491 e. The molecule has 24 heavy (non-hydrogen) atoms. The van der Waals surface area contributed by atoms with Crippen LogP contribution in [0.25, 0.3) is 0 Å². The highest BCUT2D eigenvalue weighted by atomic mass is 35.5. The summed E-state index contributed by atoms with van der Waals surface area (Å²) in [5, 5.41) is 2.84. The quantitative estimate of drug-likeness (QED) is 0.811. The minimum atomic E-state index is -0.237. The van der Waals surface area contributed by atoms with Crippen LogP contribution in [0.4, 0.5) is 11.4 Å². The summed E-state index contributed by atoms with van der Waals surface area (Å²) in [7, 11) is 0. The second kappa shape index (κ2) is 8.57. The fourth-order valence-corrected chi connectivity index (χ4v) is 2.53. The Balaban J connectivity index is 0.00000208. The molecule has 128 valence electrons. The number of rotatable bonds is 5. The molecule has 1 aliphatic rings. The Hall–Kier alpha value is -2.24. The van der Waals surface area contributed by atoms with E-state index in [1.165, 1.54) is 0 Å². The zero-order valence-electron chi connectivity index (χ0n) is 13.2. The van der Waals surface area contributed by atoms with Crippen LogP contribution in [0.3, 0.4) is 0 Å². The van der Waals surface area contributed by atoms with Crippen LogP contribution < -0.4 is 15.8 Å². The second-order valence-electron chi connectivity index (χ2n) is 5.52. The predicted molar refractivity (Wildman–Crippen MR) is 97.0 cm³/mol. The fraction of sp³-hybridized carbons (Fsp3) is 0.278. The molecule has 1 atom stereocenters. The minimum absolute atomic E-state index is 0. The lowest BCUT2D eigenvalue weighted by Crippen LogP contribution is -2.16. The third kappa shape index (κ3) is 4.63. The number of hydrogen-bond acceptors (Lipinski definition) is 4. The van der Waals surface area contributed by atoms with Gasteiger partial charge in [-0.3, -0.25) is 4.79 Å². The van der Waals surface area contributed by atoms with Crippen LogP contribution in [0.5, 0.6) is 5.75 Å². The first-order valence-corrected chi connectivity index (χ1v) is 7.73. The minimum Gasteiger partial charge on any atom is -0.491 e. The van der Waals surface area contributed by atoms with Crippen molar-refractivity contribution in [1.82, 2.24) is 0 Å². The van der Waals surface area contributed by atoms with Crippen molar-refractivity contribution in [3.63, 3.8) is 0 Å². The van der Waals surface area contributed by atoms with E-state index in [4.69, 9.17) is 15.2 Å². The topological polar surface area (TPSA) is 73.6 Å². The molecular formula is C18H21ClN2O3. The molecule has 1 aliphatic heterocycles. The number of para-hydroxylation sites is 1. The molecule has 0 spiro atoms. The number of amides is 1. The van der Waals surface area contributed by atoms with Crippen LogP contribution in [-0.2, 0) is 4.74 Å². The average molecular weight is 349 g/mol. The van der Waals surface area contributed by atoms with E-state index in [0.29, 0.717) is 29.3 Å². The maximum atomic E-state index is 12.3.